The first-order valence-electron chi connectivity index (χ1n) is 6.14. The SMILES string of the molecule is O=C(O)C(O)=CC(=O)c1ccnn1S(=O)(=O)C1C=CC=CC1. The van der Waals surface area contributed by atoms with Crippen molar-refractivity contribution < 1.29 is 28.2 Å². The minimum atomic E-state index is -3.96. The highest BCUT2D eigenvalue weighted by Gasteiger charge is 2.29. The Bertz CT molecular complexity index is 800. The average molecular weight is 324 g/mol. The highest BCUT2D eigenvalue weighted by Crippen LogP contribution is 2.17. The molecule has 0 saturated carbocycles. The number of aliphatic carboxylic acids is 1. The summed E-state index contributed by atoms with van der Waals surface area (Å²) in [7, 11) is -3.96. The summed E-state index contributed by atoms with van der Waals surface area (Å²) in [6, 6.07) is 1.13. The number of carboxylic acids is 1. The molecule has 1 aromatic rings. The Balaban J connectivity index is 2.39. The van der Waals surface area contributed by atoms with Crippen molar-refractivity contribution in [3.05, 3.63) is 54.1 Å². The molecule has 1 unspecified atom stereocenters. The molecule has 9 heteroatoms. The van der Waals surface area contributed by atoms with Crippen LogP contribution >= 0.6 is 0 Å². The van der Waals surface area contributed by atoms with E-state index in [2.05, 4.69) is 5.10 Å². The summed E-state index contributed by atoms with van der Waals surface area (Å²) in [5.74, 6) is -3.85. The van der Waals surface area contributed by atoms with Gasteiger partial charge in [0, 0.05) is 6.08 Å². The van der Waals surface area contributed by atoms with Crippen LogP contribution in [0.3, 0.4) is 0 Å². The van der Waals surface area contributed by atoms with Gasteiger partial charge in [-0.3, -0.25) is 4.79 Å². The molecule has 1 aliphatic carbocycles. The molecule has 0 amide bonds. The average Bonchev–Trinajstić information content (AvgIpc) is 2.98. The fourth-order valence-corrected chi connectivity index (χ4v) is 3.35. The quantitative estimate of drug-likeness (QED) is 0.462. The van der Waals surface area contributed by atoms with Gasteiger partial charge in [0.1, 0.15) is 10.9 Å². The van der Waals surface area contributed by atoms with Crippen LogP contribution < -0.4 is 0 Å². The number of ketones is 1. The molecule has 1 aromatic heterocycles. The molecular formula is C13H12N2O6S. The van der Waals surface area contributed by atoms with Crippen LogP contribution in [0.1, 0.15) is 16.9 Å². The maximum atomic E-state index is 12.5. The second-order valence-corrected chi connectivity index (χ2v) is 6.37. The fourth-order valence-electron chi connectivity index (χ4n) is 1.84. The minimum Gasteiger partial charge on any atom is -0.502 e. The monoisotopic (exact) mass is 324 g/mol. The first kappa shape index (κ1) is 15.7. The van der Waals surface area contributed by atoms with E-state index in [1.165, 1.54) is 6.08 Å². The molecule has 0 bridgehead atoms. The van der Waals surface area contributed by atoms with Crippen LogP contribution in [0.25, 0.3) is 0 Å². The number of aliphatic hydroxyl groups is 1. The molecule has 1 atom stereocenters. The Morgan fingerprint density at radius 3 is 2.64 bits per heavy atom. The van der Waals surface area contributed by atoms with Gasteiger partial charge in [0.25, 0.3) is 10.0 Å². The van der Waals surface area contributed by atoms with Crippen LogP contribution in [-0.2, 0) is 14.8 Å². The number of carbonyl (C=O) groups excluding carboxylic acids is 1. The van der Waals surface area contributed by atoms with Crippen molar-refractivity contribution in [2.75, 3.05) is 0 Å². The van der Waals surface area contributed by atoms with Crippen LogP contribution in [-0.4, -0.2) is 44.8 Å². The molecule has 1 aliphatic rings. The Morgan fingerprint density at radius 2 is 2.05 bits per heavy atom. The van der Waals surface area contributed by atoms with E-state index in [1.807, 2.05) is 0 Å². The first-order chi connectivity index (χ1) is 10.3. The van der Waals surface area contributed by atoms with Gasteiger partial charge in [-0.2, -0.15) is 9.19 Å². The molecular weight excluding hydrogens is 312 g/mol. The van der Waals surface area contributed by atoms with Gasteiger partial charge in [-0.1, -0.05) is 24.3 Å². The third-order valence-corrected chi connectivity index (χ3v) is 4.80. The van der Waals surface area contributed by atoms with Crippen molar-refractivity contribution in [3.8, 4) is 0 Å². The zero-order valence-electron chi connectivity index (χ0n) is 11.2. The predicted octanol–water partition coefficient (Wildman–Crippen LogP) is 0.655. The molecule has 0 saturated heterocycles. The van der Waals surface area contributed by atoms with E-state index >= 15 is 0 Å². The molecule has 0 radical (unpaired) electrons. The van der Waals surface area contributed by atoms with Gasteiger partial charge < -0.3 is 10.2 Å². The number of allylic oxidation sites excluding steroid dienone is 4. The number of aliphatic hydroxyl groups excluding tert-OH is 1. The lowest BCUT2D eigenvalue weighted by molar-refractivity contribution is -0.135. The second-order valence-electron chi connectivity index (χ2n) is 4.39. The molecule has 22 heavy (non-hydrogen) atoms. The number of nitrogens with zero attached hydrogens (tertiary/aromatic N) is 2. The van der Waals surface area contributed by atoms with Crippen molar-refractivity contribution in [2.24, 2.45) is 0 Å². The fraction of sp³-hybridized carbons (Fsp3) is 0.154. The van der Waals surface area contributed by atoms with E-state index in [-0.39, 0.29) is 12.1 Å². The summed E-state index contributed by atoms with van der Waals surface area (Å²) in [4.78, 5) is 22.4. The van der Waals surface area contributed by atoms with Crippen molar-refractivity contribution in [3.63, 3.8) is 0 Å². The molecule has 2 rings (SSSR count). The normalized spacial score (nSPS) is 18.4. The molecule has 2 N–H and O–H groups in total. The van der Waals surface area contributed by atoms with E-state index in [0.29, 0.717) is 10.2 Å². The Labute approximate surface area is 125 Å². The number of carbonyl (C=O) groups is 2. The summed E-state index contributed by atoms with van der Waals surface area (Å²) in [6.45, 7) is 0. The number of rotatable bonds is 5. The summed E-state index contributed by atoms with van der Waals surface area (Å²) < 4.78 is 25.5. The van der Waals surface area contributed by atoms with Crippen LogP contribution in [0.15, 0.2) is 48.4 Å². The van der Waals surface area contributed by atoms with Crippen LogP contribution in [0.2, 0.25) is 0 Å². The minimum absolute atomic E-state index is 0.239. The highest BCUT2D eigenvalue weighted by molar-refractivity contribution is 7.90. The number of hydrogen-bond acceptors (Lipinski definition) is 6. The highest BCUT2D eigenvalue weighted by atomic mass is 32.2. The number of carboxylic acid groups (broad SMARTS) is 1. The lowest BCUT2D eigenvalue weighted by Crippen LogP contribution is -2.29. The van der Waals surface area contributed by atoms with Gasteiger partial charge in [-0.05, 0) is 12.5 Å². The predicted molar refractivity (Wildman–Crippen MR) is 75.9 cm³/mol. The molecule has 1 heterocycles. The number of aromatic nitrogens is 2. The van der Waals surface area contributed by atoms with E-state index < -0.39 is 32.8 Å². The zero-order valence-corrected chi connectivity index (χ0v) is 12.0. The molecule has 0 fully saturated rings. The van der Waals surface area contributed by atoms with E-state index in [4.69, 9.17) is 10.2 Å². The summed E-state index contributed by atoms with van der Waals surface area (Å²) in [6.07, 6.45) is 8.20. The van der Waals surface area contributed by atoms with E-state index in [0.717, 1.165) is 12.3 Å². The Morgan fingerprint density at radius 1 is 1.32 bits per heavy atom. The molecule has 0 aliphatic heterocycles. The maximum Gasteiger partial charge on any atom is 0.371 e. The second kappa shape index (κ2) is 5.98. The van der Waals surface area contributed by atoms with Gasteiger partial charge in [0.15, 0.2) is 0 Å². The number of hydrogen-bond donors (Lipinski definition) is 2. The topological polar surface area (TPSA) is 127 Å². The third-order valence-electron chi connectivity index (χ3n) is 2.91. The lowest BCUT2D eigenvalue weighted by atomic mass is 10.2. The molecule has 0 spiro atoms. The summed E-state index contributed by atoms with van der Waals surface area (Å²) in [5.41, 5.74) is -0.351. The van der Waals surface area contributed by atoms with Gasteiger partial charge in [0.2, 0.25) is 11.5 Å². The standard InChI is InChI=1S/C13H12N2O6S/c16-11(8-12(17)13(18)19)10-6-7-14-15(10)22(20,21)9-4-2-1-3-5-9/h1-4,6-9,17H,5H2,(H,18,19). The maximum absolute atomic E-state index is 12.5. The zero-order chi connectivity index (χ0) is 16.3. The smallest absolute Gasteiger partial charge is 0.371 e. The third kappa shape index (κ3) is 2.98. The van der Waals surface area contributed by atoms with Crippen LogP contribution in [0.4, 0.5) is 0 Å². The van der Waals surface area contributed by atoms with Crippen LogP contribution in [0.5, 0.6) is 0 Å². The molecule has 116 valence electrons. The van der Waals surface area contributed by atoms with Gasteiger partial charge in [-0.15, -0.1) is 0 Å². The Kier molecular flexibility index (Phi) is 4.27. The van der Waals surface area contributed by atoms with E-state index in [9.17, 15) is 18.0 Å². The van der Waals surface area contributed by atoms with Gasteiger partial charge in [0.05, 0.1) is 6.20 Å². The molecule has 0 aromatic carbocycles. The lowest BCUT2D eigenvalue weighted by Gasteiger charge is -2.15. The first-order valence-corrected chi connectivity index (χ1v) is 7.64. The van der Waals surface area contributed by atoms with Crippen molar-refractivity contribution >= 4 is 21.8 Å². The van der Waals surface area contributed by atoms with Crippen molar-refractivity contribution in [2.45, 2.75) is 11.7 Å². The Hall–Kier alpha value is -2.68. The van der Waals surface area contributed by atoms with Gasteiger partial charge in [-0.25, -0.2) is 13.2 Å². The largest absolute Gasteiger partial charge is 0.502 e. The molecule has 8 nitrogen and oxygen atoms in total. The summed E-state index contributed by atoms with van der Waals surface area (Å²) >= 11 is 0. The summed E-state index contributed by atoms with van der Waals surface area (Å²) in [5, 5.41) is 20.4. The van der Waals surface area contributed by atoms with Gasteiger partial charge >= 0.3 is 5.97 Å². The van der Waals surface area contributed by atoms with E-state index in [1.54, 1.807) is 18.2 Å². The van der Waals surface area contributed by atoms with Crippen molar-refractivity contribution in [1.29, 1.82) is 0 Å². The van der Waals surface area contributed by atoms with Crippen LogP contribution in [0, 0.1) is 0 Å². The van der Waals surface area contributed by atoms with Crippen molar-refractivity contribution in [1.82, 2.24) is 9.19 Å².